The van der Waals surface area contributed by atoms with E-state index < -0.39 is 9.84 Å². The average molecular weight is 309 g/mol. The van der Waals surface area contributed by atoms with Crippen LogP contribution in [0.4, 0.5) is 0 Å². The summed E-state index contributed by atoms with van der Waals surface area (Å²) < 4.78 is 24.8. The zero-order valence-electron chi connectivity index (χ0n) is 13.3. The molecule has 1 aliphatic carbocycles. The van der Waals surface area contributed by atoms with Crippen LogP contribution >= 0.6 is 0 Å². The SMILES string of the molecule is CC(C)(C)c1ccc(S(=O)(=O)CCC2CCCC2N)cc1. The van der Waals surface area contributed by atoms with E-state index in [0.717, 1.165) is 24.8 Å². The van der Waals surface area contributed by atoms with Crippen LogP contribution in [0.25, 0.3) is 0 Å². The molecule has 2 unspecified atom stereocenters. The fourth-order valence-corrected chi connectivity index (χ4v) is 4.41. The van der Waals surface area contributed by atoms with Crippen LogP contribution in [0.15, 0.2) is 29.2 Å². The van der Waals surface area contributed by atoms with Crippen molar-refractivity contribution in [3.63, 3.8) is 0 Å². The maximum Gasteiger partial charge on any atom is 0.178 e. The number of hydrogen-bond donors (Lipinski definition) is 1. The van der Waals surface area contributed by atoms with Crippen molar-refractivity contribution in [3.8, 4) is 0 Å². The summed E-state index contributed by atoms with van der Waals surface area (Å²) in [5.74, 6) is 0.578. The van der Waals surface area contributed by atoms with Crippen molar-refractivity contribution in [1.82, 2.24) is 0 Å². The highest BCUT2D eigenvalue weighted by Crippen LogP contribution is 2.29. The Hall–Kier alpha value is -0.870. The quantitative estimate of drug-likeness (QED) is 0.928. The van der Waals surface area contributed by atoms with Crippen molar-refractivity contribution in [2.24, 2.45) is 11.7 Å². The Bertz CT molecular complexity index is 570. The van der Waals surface area contributed by atoms with E-state index >= 15 is 0 Å². The molecule has 1 aromatic rings. The van der Waals surface area contributed by atoms with Crippen molar-refractivity contribution in [2.75, 3.05) is 5.75 Å². The third-order valence-corrected chi connectivity index (χ3v) is 6.32. The van der Waals surface area contributed by atoms with Gasteiger partial charge in [0.05, 0.1) is 10.6 Å². The van der Waals surface area contributed by atoms with Gasteiger partial charge in [-0.25, -0.2) is 8.42 Å². The fraction of sp³-hybridized carbons (Fsp3) is 0.647. The second-order valence-corrected chi connectivity index (χ2v) is 9.35. The summed E-state index contributed by atoms with van der Waals surface area (Å²) in [6.07, 6.45) is 3.92. The van der Waals surface area contributed by atoms with Gasteiger partial charge in [0, 0.05) is 6.04 Å². The molecule has 0 amide bonds. The van der Waals surface area contributed by atoms with Crippen LogP contribution in [0, 0.1) is 5.92 Å². The molecule has 0 spiro atoms. The van der Waals surface area contributed by atoms with E-state index in [1.807, 2.05) is 12.1 Å². The Morgan fingerprint density at radius 1 is 1.14 bits per heavy atom. The topological polar surface area (TPSA) is 60.2 Å². The maximum atomic E-state index is 12.4. The first kappa shape index (κ1) is 16.5. The molecular weight excluding hydrogens is 282 g/mol. The van der Waals surface area contributed by atoms with E-state index in [-0.39, 0.29) is 17.2 Å². The van der Waals surface area contributed by atoms with Crippen molar-refractivity contribution >= 4 is 9.84 Å². The Kier molecular flexibility index (Phi) is 4.79. The molecule has 1 saturated carbocycles. The Labute approximate surface area is 128 Å². The van der Waals surface area contributed by atoms with Gasteiger partial charge >= 0.3 is 0 Å². The third kappa shape index (κ3) is 4.07. The molecule has 0 saturated heterocycles. The van der Waals surface area contributed by atoms with E-state index in [2.05, 4.69) is 20.8 Å². The van der Waals surface area contributed by atoms with Crippen molar-refractivity contribution in [1.29, 1.82) is 0 Å². The molecular formula is C17H27NO2S. The van der Waals surface area contributed by atoms with Gasteiger partial charge in [-0.3, -0.25) is 0 Å². The summed E-state index contributed by atoms with van der Waals surface area (Å²) in [6, 6.07) is 7.51. The highest BCUT2D eigenvalue weighted by atomic mass is 32.2. The number of rotatable bonds is 4. The number of benzene rings is 1. The number of hydrogen-bond acceptors (Lipinski definition) is 3. The van der Waals surface area contributed by atoms with Crippen LogP contribution in [-0.2, 0) is 15.3 Å². The summed E-state index contributed by atoms with van der Waals surface area (Å²) in [5, 5.41) is 0. The number of nitrogens with two attached hydrogens (primary N) is 1. The predicted molar refractivity (Wildman–Crippen MR) is 87.1 cm³/mol. The van der Waals surface area contributed by atoms with Gasteiger partial charge in [0.1, 0.15) is 0 Å². The van der Waals surface area contributed by atoms with E-state index in [9.17, 15) is 8.42 Å². The second kappa shape index (κ2) is 6.09. The molecule has 2 rings (SSSR count). The van der Waals surface area contributed by atoms with E-state index in [4.69, 9.17) is 5.73 Å². The number of sulfone groups is 1. The molecule has 21 heavy (non-hydrogen) atoms. The molecule has 2 N–H and O–H groups in total. The molecule has 2 atom stereocenters. The lowest BCUT2D eigenvalue weighted by Gasteiger charge is -2.19. The normalized spacial score (nSPS) is 23.4. The van der Waals surface area contributed by atoms with Crippen molar-refractivity contribution in [3.05, 3.63) is 29.8 Å². The van der Waals surface area contributed by atoms with Crippen LogP contribution in [-0.4, -0.2) is 20.2 Å². The van der Waals surface area contributed by atoms with Crippen LogP contribution in [0.2, 0.25) is 0 Å². The molecule has 0 bridgehead atoms. The smallest absolute Gasteiger partial charge is 0.178 e. The molecule has 0 heterocycles. The minimum Gasteiger partial charge on any atom is -0.327 e. The molecule has 1 fully saturated rings. The van der Waals surface area contributed by atoms with Gasteiger partial charge in [0.15, 0.2) is 9.84 Å². The van der Waals surface area contributed by atoms with Gasteiger partial charge in [0.2, 0.25) is 0 Å². The molecule has 118 valence electrons. The monoisotopic (exact) mass is 309 g/mol. The van der Waals surface area contributed by atoms with Gasteiger partial charge in [-0.2, -0.15) is 0 Å². The standard InChI is InChI=1S/C17H27NO2S/c1-17(2,3)14-7-9-15(10-8-14)21(19,20)12-11-13-5-4-6-16(13)18/h7-10,13,16H,4-6,11-12,18H2,1-3H3. The van der Waals surface area contributed by atoms with Gasteiger partial charge < -0.3 is 5.73 Å². The summed E-state index contributed by atoms with van der Waals surface area (Å²) in [5.41, 5.74) is 7.21. The fourth-order valence-electron chi connectivity index (χ4n) is 3.01. The molecule has 3 nitrogen and oxygen atoms in total. The lowest BCUT2D eigenvalue weighted by atomic mass is 9.87. The average Bonchev–Trinajstić information content (AvgIpc) is 2.81. The van der Waals surface area contributed by atoms with Gasteiger partial charge in [-0.05, 0) is 48.3 Å². The summed E-state index contributed by atoms with van der Waals surface area (Å²) in [6.45, 7) is 6.37. The molecule has 0 aromatic heterocycles. The summed E-state index contributed by atoms with van der Waals surface area (Å²) in [4.78, 5) is 0.432. The van der Waals surface area contributed by atoms with Gasteiger partial charge in [-0.15, -0.1) is 0 Å². The van der Waals surface area contributed by atoms with Crippen molar-refractivity contribution < 1.29 is 8.42 Å². The predicted octanol–water partition coefficient (Wildman–Crippen LogP) is 3.28. The Morgan fingerprint density at radius 2 is 1.76 bits per heavy atom. The molecule has 0 radical (unpaired) electrons. The second-order valence-electron chi connectivity index (χ2n) is 7.24. The van der Waals surface area contributed by atoms with E-state index in [1.54, 1.807) is 12.1 Å². The third-order valence-electron chi connectivity index (χ3n) is 4.55. The van der Waals surface area contributed by atoms with Gasteiger partial charge in [-0.1, -0.05) is 39.3 Å². The maximum absolute atomic E-state index is 12.4. The lowest BCUT2D eigenvalue weighted by Crippen LogP contribution is -2.26. The zero-order valence-corrected chi connectivity index (χ0v) is 14.1. The van der Waals surface area contributed by atoms with Crippen molar-refractivity contribution in [2.45, 2.75) is 62.8 Å². The van der Waals surface area contributed by atoms with Crippen LogP contribution in [0.5, 0.6) is 0 Å². The molecule has 4 heteroatoms. The zero-order chi connectivity index (χ0) is 15.7. The van der Waals surface area contributed by atoms with E-state index in [1.165, 1.54) is 0 Å². The van der Waals surface area contributed by atoms with Crippen LogP contribution < -0.4 is 5.73 Å². The summed E-state index contributed by atoms with van der Waals surface area (Å²) in [7, 11) is -3.19. The first-order chi connectivity index (χ1) is 9.70. The highest BCUT2D eigenvalue weighted by molar-refractivity contribution is 7.91. The Balaban J connectivity index is 2.05. The first-order valence-corrected chi connectivity index (χ1v) is 9.44. The minimum atomic E-state index is -3.19. The Morgan fingerprint density at radius 3 is 2.24 bits per heavy atom. The largest absolute Gasteiger partial charge is 0.327 e. The van der Waals surface area contributed by atoms with Gasteiger partial charge in [0.25, 0.3) is 0 Å². The highest BCUT2D eigenvalue weighted by Gasteiger charge is 2.26. The lowest BCUT2D eigenvalue weighted by molar-refractivity contribution is 0.464. The van der Waals surface area contributed by atoms with Crippen LogP contribution in [0.1, 0.15) is 52.0 Å². The summed E-state index contributed by atoms with van der Waals surface area (Å²) >= 11 is 0. The molecule has 1 aliphatic rings. The van der Waals surface area contributed by atoms with E-state index in [0.29, 0.717) is 17.2 Å². The first-order valence-electron chi connectivity index (χ1n) is 7.79. The minimum absolute atomic E-state index is 0.0406. The molecule has 1 aromatic carbocycles. The van der Waals surface area contributed by atoms with Crippen LogP contribution in [0.3, 0.4) is 0 Å². The molecule has 0 aliphatic heterocycles.